The first-order valence-corrected chi connectivity index (χ1v) is 6.42. The highest BCUT2D eigenvalue weighted by Gasteiger charge is 2.29. The predicted octanol–water partition coefficient (Wildman–Crippen LogP) is 2.51. The summed E-state index contributed by atoms with van der Waals surface area (Å²) in [6, 6.07) is 10.4. The Kier molecular flexibility index (Phi) is 3.97. The molecule has 0 aromatic heterocycles. The van der Waals surface area contributed by atoms with Gasteiger partial charge in [0.15, 0.2) is 0 Å². The lowest BCUT2D eigenvalue weighted by Crippen LogP contribution is -2.46. The van der Waals surface area contributed by atoms with Gasteiger partial charge in [0, 0.05) is 6.54 Å². The number of hydrogen-bond acceptors (Lipinski definition) is 2. The van der Waals surface area contributed by atoms with Crippen molar-refractivity contribution in [3.05, 3.63) is 48.6 Å². The molecule has 1 atom stereocenters. The number of likely N-dealkylation sites (tertiary alicyclic amines) is 1. The van der Waals surface area contributed by atoms with Crippen LogP contribution >= 0.6 is 0 Å². The van der Waals surface area contributed by atoms with E-state index in [1.54, 1.807) is 0 Å². The molecule has 0 saturated carbocycles. The Morgan fingerprint density at radius 3 is 2.47 bits per heavy atom. The van der Waals surface area contributed by atoms with Crippen molar-refractivity contribution in [3.8, 4) is 0 Å². The van der Waals surface area contributed by atoms with Crippen LogP contribution in [0.25, 0.3) is 0 Å². The lowest BCUT2D eigenvalue weighted by atomic mass is 9.87. The molecule has 1 unspecified atom stereocenters. The maximum Gasteiger partial charge on any atom is 0.0573 e. The van der Waals surface area contributed by atoms with Gasteiger partial charge in [0.2, 0.25) is 0 Å². The second-order valence-electron chi connectivity index (χ2n) is 5.00. The first-order valence-electron chi connectivity index (χ1n) is 6.42. The van der Waals surface area contributed by atoms with Crippen LogP contribution < -0.4 is 5.73 Å². The van der Waals surface area contributed by atoms with E-state index in [1.807, 2.05) is 12.1 Å². The molecule has 2 heteroatoms. The number of hydrogen-bond donors (Lipinski definition) is 1. The summed E-state index contributed by atoms with van der Waals surface area (Å²) in [4.78, 5) is 2.47. The summed E-state index contributed by atoms with van der Waals surface area (Å²) >= 11 is 0. The van der Waals surface area contributed by atoms with Crippen LogP contribution in [0.3, 0.4) is 0 Å². The second kappa shape index (κ2) is 5.48. The molecule has 17 heavy (non-hydrogen) atoms. The highest BCUT2D eigenvalue weighted by atomic mass is 15.2. The second-order valence-corrected chi connectivity index (χ2v) is 5.00. The molecule has 2 nitrogen and oxygen atoms in total. The van der Waals surface area contributed by atoms with Gasteiger partial charge < -0.3 is 10.6 Å². The molecule has 2 rings (SSSR count). The fourth-order valence-electron chi connectivity index (χ4n) is 2.64. The molecule has 1 aliphatic rings. The van der Waals surface area contributed by atoms with Crippen LogP contribution in [-0.2, 0) is 5.54 Å². The molecule has 1 aromatic carbocycles. The van der Waals surface area contributed by atoms with E-state index < -0.39 is 0 Å². The average Bonchev–Trinajstić information content (AvgIpc) is 2.83. The standard InChI is InChI=1S/C15H22N2/c1-2-10-15(16,13-17-11-6-7-12-17)14-8-4-3-5-9-14/h2-5,8-9H,1,6-7,10-13,16H2. The number of nitrogens with two attached hydrogens (primary N) is 1. The highest BCUT2D eigenvalue weighted by Crippen LogP contribution is 2.25. The van der Waals surface area contributed by atoms with Crippen molar-refractivity contribution in [2.45, 2.75) is 24.8 Å². The third-order valence-corrected chi connectivity index (χ3v) is 3.56. The lowest BCUT2D eigenvalue weighted by Gasteiger charge is -2.33. The summed E-state index contributed by atoms with van der Waals surface area (Å²) in [5.41, 5.74) is 7.53. The average molecular weight is 230 g/mol. The first-order chi connectivity index (χ1) is 8.24. The van der Waals surface area contributed by atoms with E-state index >= 15 is 0 Å². The maximum atomic E-state index is 6.60. The van der Waals surface area contributed by atoms with Crippen molar-refractivity contribution in [2.75, 3.05) is 19.6 Å². The normalized spacial score (nSPS) is 20.1. The summed E-state index contributed by atoms with van der Waals surface area (Å²) in [7, 11) is 0. The van der Waals surface area contributed by atoms with Crippen LogP contribution in [0.5, 0.6) is 0 Å². The molecule has 0 aliphatic carbocycles. The summed E-state index contributed by atoms with van der Waals surface area (Å²) < 4.78 is 0. The van der Waals surface area contributed by atoms with Crippen LogP contribution in [0.15, 0.2) is 43.0 Å². The molecular formula is C15H22N2. The zero-order valence-corrected chi connectivity index (χ0v) is 10.4. The molecule has 0 spiro atoms. The number of benzene rings is 1. The van der Waals surface area contributed by atoms with Gasteiger partial charge in [-0.05, 0) is 37.9 Å². The highest BCUT2D eigenvalue weighted by molar-refractivity contribution is 5.25. The SMILES string of the molecule is C=CCC(N)(CN1CCCC1)c1ccccc1. The van der Waals surface area contributed by atoms with Gasteiger partial charge in [0.1, 0.15) is 0 Å². The Morgan fingerprint density at radius 1 is 1.24 bits per heavy atom. The zero-order valence-electron chi connectivity index (χ0n) is 10.4. The minimum Gasteiger partial charge on any atom is -0.320 e. The third-order valence-electron chi connectivity index (χ3n) is 3.56. The van der Waals surface area contributed by atoms with Gasteiger partial charge in [-0.15, -0.1) is 6.58 Å². The van der Waals surface area contributed by atoms with E-state index in [0.29, 0.717) is 0 Å². The van der Waals surface area contributed by atoms with E-state index in [-0.39, 0.29) is 5.54 Å². The molecule has 0 amide bonds. The van der Waals surface area contributed by atoms with Crippen molar-refractivity contribution in [1.29, 1.82) is 0 Å². The largest absolute Gasteiger partial charge is 0.320 e. The van der Waals surface area contributed by atoms with E-state index in [9.17, 15) is 0 Å². The molecule has 1 heterocycles. The summed E-state index contributed by atoms with van der Waals surface area (Å²) in [6.07, 6.45) is 5.37. The van der Waals surface area contributed by atoms with Crippen molar-refractivity contribution < 1.29 is 0 Å². The Morgan fingerprint density at radius 2 is 1.88 bits per heavy atom. The van der Waals surface area contributed by atoms with Gasteiger partial charge in [-0.25, -0.2) is 0 Å². The topological polar surface area (TPSA) is 29.3 Å². The molecule has 0 bridgehead atoms. The van der Waals surface area contributed by atoms with Crippen molar-refractivity contribution >= 4 is 0 Å². The summed E-state index contributed by atoms with van der Waals surface area (Å²) in [5, 5.41) is 0. The number of rotatable bonds is 5. The van der Waals surface area contributed by atoms with Crippen LogP contribution in [0.1, 0.15) is 24.8 Å². The minimum absolute atomic E-state index is 0.284. The fourth-order valence-corrected chi connectivity index (χ4v) is 2.64. The Bertz CT molecular complexity index is 354. The fraction of sp³-hybridized carbons (Fsp3) is 0.467. The van der Waals surface area contributed by atoms with E-state index in [2.05, 4.69) is 35.7 Å². The van der Waals surface area contributed by atoms with E-state index in [1.165, 1.54) is 31.5 Å². The van der Waals surface area contributed by atoms with Gasteiger partial charge in [-0.2, -0.15) is 0 Å². The van der Waals surface area contributed by atoms with Gasteiger partial charge in [0.05, 0.1) is 5.54 Å². The van der Waals surface area contributed by atoms with Crippen molar-refractivity contribution in [3.63, 3.8) is 0 Å². The van der Waals surface area contributed by atoms with Crippen molar-refractivity contribution in [2.24, 2.45) is 5.73 Å². The van der Waals surface area contributed by atoms with Crippen LogP contribution in [0, 0.1) is 0 Å². The van der Waals surface area contributed by atoms with Gasteiger partial charge in [-0.1, -0.05) is 36.4 Å². The first kappa shape index (κ1) is 12.3. The van der Waals surface area contributed by atoms with Crippen molar-refractivity contribution in [1.82, 2.24) is 4.90 Å². The van der Waals surface area contributed by atoms with Crippen LogP contribution in [0.2, 0.25) is 0 Å². The molecule has 1 aromatic rings. The molecule has 2 N–H and O–H groups in total. The van der Waals surface area contributed by atoms with Gasteiger partial charge in [-0.3, -0.25) is 0 Å². The molecule has 1 saturated heterocycles. The quantitative estimate of drug-likeness (QED) is 0.788. The minimum atomic E-state index is -0.284. The summed E-state index contributed by atoms with van der Waals surface area (Å²) in [6.45, 7) is 7.15. The van der Waals surface area contributed by atoms with Crippen LogP contribution in [0.4, 0.5) is 0 Å². The monoisotopic (exact) mass is 230 g/mol. The summed E-state index contributed by atoms with van der Waals surface area (Å²) in [5.74, 6) is 0. The lowest BCUT2D eigenvalue weighted by molar-refractivity contribution is 0.248. The molecular weight excluding hydrogens is 208 g/mol. The molecule has 0 radical (unpaired) electrons. The molecule has 1 aliphatic heterocycles. The molecule has 92 valence electrons. The van der Waals surface area contributed by atoms with Gasteiger partial charge >= 0.3 is 0 Å². The Balaban J connectivity index is 2.16. The third kappa shape index (κ3) is 2.96. The Labute approximate surface area is 104 Å². The smallest absolute Gasteiger partial charge is 0.0573 e. The van der Waals surface area contributed by atoms with E-state index in [4.69, 9.17) is 5.73 Å². The maximum absolute atomic E-state index is 6.60. The van der Waals surface area contributed by atoms with Gasteiger partial charge in [0.25, 0.3) is 0 Å². The van der Waals surface area contributed by atoms with E-state index in [0.717, 1.165) is 13.0 Å². The Hall–Kier alpha value is -1.12. The zero-order chi connectivity index (χ0) is 12.1. The number of nitrogens with zero attached hydrogens (tertiary/aromatic N) is 1. The van der Waals surface area contributed by atoms with Crippen LogP contribution in [-0.4, -0.2) is 24.5 Å². The predicted molar refractivity (Wildman–Crippen MR) is 72.8 cm³/mol. The molecule has 1 fully saturated rings.